The van der Waals surface area contributed by atoms with Crippen LogP contribution in [0.5, 0.6) is 0 Å². The number of aromatic nitrogens is 1. The van der Waals surface area contributed by atoms with E-state index in [1.54, 1.807) is 11.5 Å². The number of hydrogen-bond donors (Lipinski definition) is 0. The van der Waals surface area contributed by atoms with Crippen LogP contribution in [-0.4, -0.2) is 30.2 Å². The van der Waals surface area contributed by atoms with Crippen LogP contribution in [0.3, 0.4) is 0 Å². The lowest BCUT2D eigenvalue weighted by atomic mass is 9.92. The van der Waals surface area contributed by atoms with Crippen LogP contribution >= 0.6 is 11.3 Å². The summed E-state index contributed by atoms with van der Waals surface area (Å²) < 4.78 is 7.82. The van der Waals surface area contributed by atoms with Gasteiger partial charge in [-0.15, -0.1) is 0 Å². The highest BCUT2D eigenvalue weighted by Gasteiger charge is 2.34. The normalized spacial score (nSPS) is 17.4. The van der Waals surface area contributed by atoms with E-state index < -0.39 is 12.0 Å². The van der Waals surface area contributed by atoms with Gasteiger partial charge in [0, 0.05) is 18.8 Å². The molecule has 6 nitrogen and oxygen atoms in total. The predicted octanol–water partition coefficient (Wildman–Crippen LogP) is 5.61. The van der Waals surface area contributed by atoms with E-state index in [4.69, 9.17) is 9.73 Å². The van der Waals surface area contributed by atoms with E-state index in [1.807, 2.05) is 18.2 Å². The molecule has 0 amide bonds. The quantitative estimate of drug-likeness (QED) is 0.338. The van der Waals surface area contributed by atoms with E-state index in [0.29, 0.717) is 32.9 Å². The first-order valence-electron chi connectivity index (χ1n) is 14.5. The molecule has 2 aromatic carbocycles. The van der Waals surface area contributed by atoms with E-state index in [-0.39, 0.29) is 12.2 Å². The number of ether oxygens (including phenoxy) is 1. The maximum absolute atomic E-state index is 14.0. The van der Waals surface area contributed by atoms with Crippen molar-refractivity contribution in [2.75, 3.05) is 24.6 Å². The molecule has 0 saturated carbocycles. The third kappa shape index (κ3) is 5.44. The molecule has 2 aliphatic rings. The van der Waals surface area contributed by atoms with E-state index >= 15 is 0 Å². The third-order valence-electron chi connectivity index (χ3n) is 7.78. The zero-order valence-electron chi connectivity index (χ0n) is 24.2. The highest BCUT2D eigenvalue weighted by Crippen LogP contribution is 2.33. The summed E-state index contributed by atoms with van der Waals surface area (Å²) in [6.07, 6.45) is 5.89. The average Bonchev–Trinajstić information content (AvgIpc) is 3.57. The highest BCUT2D eigenvalue weighted by atomic mass is 32.1. The van der Waals surface area contributed by atoms with Gasteiger partial charge in [0.2, 0.25) is 0 Å². The number of nitrogens with zero attached hydrogens (tertiary/aromatic N) is 3. The first-order chi connectivity index (χ1) is 19.3. The number of esters is 1. The van der Waals surface area contributed by atoms with Gasteiger partial charge in [-0.25, -0.2) is 9.79 Å². The highest BCUT2D eigenvalue weighted by molar-refractivity contribution is 7.07. The Balaban J connectivity index is 1.66. The minimum Gasteiger partial charge on any atom is -0.463 e. The van der Waals surface area contributed by atoms with E-state index in [9.17, 15) is 9.59 Å². The molecule has 0 bridgehead atoms. The number of carbonyl (C=O) groups excluding carboxylic acids is 1. The van der Waals surface area contributed by atoms with Gasteiger partial charge in [-0.1, -0.05) is 68.9 Å². The Bertz CT molecular complexity index is 1610. The van der Waals surface area contributed by atoms with Gasteiger partial charge in [0.25, 0.3) is 5.56 Å². The zero-order chi connectivity index (χ0) is 28.4. The molecule has 7 heteroatoms. The Labute approximate surface area is 240 Å². The molecule has 5 rings (SSSR count). The van der Waals surface area contributed by atoms with Crippen molar-refractivity contribution in [3.8, 4) is 0 Å². The zero-order valence-corrected chi connectivity index (χ0v) is 25.0. The smallest absolute Gasteiger partial charge is 0.338 e. The number of benzene rings is 2. The molecule has 0 aliphatic carbocycles. The van der Waals surface area contributed by atoms with Crippen molar-refractivity contribution in [1.82, 2.24) is 4.57 Å². The first-order valence-corrected chi connectivity index (χ1v) is 15.3. The van der Waals surface area contributed by atoms with Crippen molar-refractivity contribution in [1.29, 1.82) is 0 Å². The number of aryl methyl sites for hydroxylation is 1. The fourth-order valence-electron chi connectivity index (χ4n) is 5.73. The lowest BCUT2D eigenvalue weighted by Crippen LogP contribution is -2.40. The van der Waals surface area contributed by atoms with E-state index in [2.05, 4.69) is 62.9 Å². The van der Waals surface area contributed by atoms with Crippen molar-refractivity contribution < 1.29 is 9.53 Å². The van der Waals surface area contributed by atoms with Gasteiger partial charge < -0.3 is 9.64 Å². The molecule has 0 spiro atoms. The van der Waals surface area contributed by atoms with Crippen LogP contribution < -0.4 is 19.8 Å². The van der Waals surface area contributed by atoms with Crippen LogP contribution in [0, 0.1) is 6.92 Å². The summed E-state index contributed by atoms with van der Waals surface area (Å²) in [5, 5.41) is 0. The van der Waals surface area contributed by atoms with Gasteiger partial charge in [0.1, 0.15) is 0 Å². The molecule has 210 valence electrons. The van der Waals surface area contributed by atoms with Crippen molar-refractivity contribution >= 4 is 29.1 Å². The SMILES string of the molecule is CCCC1=C(C(=O)OCC)[C@H](c2ccc(C(C)C)cc2)n2c(s/c(=C/c3ccc(N4CCCC4)c(C)c3)c2=O)=N1. The monoisotopic (exact) mass is 557 g/mol. The van der Waals surface area contributed by atoms with Crippen LogP contribution in [0.4, 0.5) is 5.69 Å². The van der Waals surface area contributed by atoms with Gasteiger partial charge in [-0.05, 0) is 79.5 Å². The summed E-state index contributed by atoms with van der Waals surface area (Å²) in [6, 6.07) is 14.1. The van der Waals surface area contributed by atoms with Crippen molar-refractivity contribution in [2.45, 2.75) is 72.3 Å². The fraction of sp³-hybridized carbons (Fsp3) is 0.424. The van der Waals surface area contributed by atoms with Crippen molar-refractivity contribution in [2.24, 2.45) is 4.99 Å². The number of rotatable bonds is 8. The second-order valence-electron chi connectivity index (χ2n) is 11.0. The van der Waals surface area contributed by atoms with Gasteiger partial charge >= 0.3 is 5.97 Å². The number of carbonyl (C=O) groups is 1. The van der Waals surface area contributed by atoms with Crippen LogP contribution in [0.1, 0.15) is 87.6 Å². The molecule has 3 heterocycles. The summed E-state index contributed by atoms with van der Waals surface area (Å²) in [5.74, 6) is -0.0258. The van der Waals surface area contributed by atoms with Crippen LogP contribution in [-0.2, 0) is 9.53 Å². The first kappa shape index (κ1) is 28.1. The third-order valence-corrected chi connectivity index (χ3v) is 8.76. The van der Waals surface area contributed by atoms with E-state index in [1.165, 1.54) is 41.0 Å². The fourth-order valence-corrected chi connectivity index (χ4v) is 6.75. The molecule has 3 aromatic rings. The average molecular weight is 558 g/mol. The van der Waals surface area contributed by atoms with Gasteiger partial charge in [0.05, 0.1) is 28.5 Å². The van der Waals surface area contributed by atoms with Crippen molar-refractivity contribution in [3.05, 3.63) is 95.7 Å². The lowest BCUT2D eigenvalue weighted by Gasteiger charge is -2.26. The summed E-state index contributed by atoms with van der Waals surface area (Å²) in [7, 11) is 0. The number of fused-ring (bicyclic) bond motifs is 1. The number of hydrogen-bond acceptors (Lipinski definition) is 6. The standard InChI is InChI=1S/C33H39N3O3S/c1-6-10-26-29(32(38)39-7-2)30(25-14-12-24(13-15-25)21(3)4)36-31(37)28(40-33(36)34-26)20-23-11-16-27(22(5)19-23)35-17-8-9-18-35/h11-16,19-21,30H,6-10,17-18H2,1-5H3/b28-20+/t30-/m0/s1. The molecule has 0 N–H and O–H groups in total. The summed E-state index contributed by atoms with van der Waals surface area (Å²) in [5.41, 5.74) is 6.59. The van der Waals surface area contributed by atoms with Crippen LogP contribution in [0.15, 0.2) is 63.5 Å². The summed E-state index contributed by atoms with van der Waals surface area (Å²) >= 11 is 1.39. The summed E-state index contributed by atoms with van der Waals surface area (Å²) in [4.78, 5) is 35.3. The summed E-state index contributed by atoms with van der Waals surface area (Å²) in [6.45, 7) is 12.8. The number of allylic oxidation sites excluding steroid dienone is 1. The second-order valence-corrected chi connectivity index (χ2v) is 12.0. The van der Waals surface area contributed by atoms with Crippen LogP contribution in [0.25, 0.3) is 6.08 Å². The minimum absolute atomic E-state index is 0.139. The van der Waals surface area contributed by atoms with Gasteiger partial charge in [-0.3, -0.25) is 9.36 Å². The second kappa shape index (κ2) is 12.0. The molecule has 1 fully saturated rings. The molecular weight excluding hydrogens is 518 g/mol. The maximum atomic E-state index is 14.0. The maximum Gasteiger partial charge on any atom is 0.338 e. The Morgan fingerprint density at radius 1 is 1.12 bits per heavy atom. The van der Waals surface area contributed by atoms with E-state index in [0.717, 1.165) is 30.6 Å². The molecule has 1 aromatic heterocycles. The Morgan fingerprint density at radius 3 is 2.48 bits per heavy atom. The minimum atomic E-state index is -0.584. The molecule has 40 heavy (non-hydrogen) atoms. The van der Waals surface area contributed by atoms with Crippen molar-refractivity contribution in [3.63, 3.8) is 0 Å². The Morgan fingerprint density at radius 2 is 1.85 bits per heavy atom. The Kier molecular flexibility index (Phi) is 8.40. The lowest BCUT2D eigenvalue weighted by molar-refractivity contribution is -0.139. The molecule has 1 atom stereocenters. The number of anilines is 1. The molecule has 1 saturated heterocycles. The topological polar surface area (TPSA) is 63.9 Å². The molecule has 2 aliphatic heterocycles. The molecule has 0 unspecified atom stereocenters. The Hall–Kier alpha value is -3.45. The largest absolute Gasteiger partial charge is 0.463 e. The van der Waals surface area contributed by atoms with Gasteiger partial charge in [-0.2, -0.15) is 0 Å². The molecule has 0 radical (unpaired) electrons. The van der Waals surface area contributed by atoms with Crippen LogP contribution in [0.2, 0.25) is 0 Å². The predicted molar refractivity (Wildman–Crippen MR) is 163 cm³/mol. The van der Waals surface area contributed by atoms with Gasteiger partial charge in [0.15, 0.2) is 4.80 Å². The number of thiazole rings is 1. The molecular formula is C33H39N3O3S.